The number of thioether (sulfide) groups is 1. The summed E-state index contributed by atoms with van der Waals surface area (Å²) in [6, 6.07) is 19.4. The Morgan fingerprint density at radius 2 is 1.70 bits per heavy atom. The maximum Gasteiger partial charge on any atom is 0.284 e. The minimum absolute atomic E-state index is 0.00121. The van der Waals surface area contributed by atoms with Gasteiger partial charge >= 0.3 is 0 Å². The Kier molecular flexibility index (Phi) is 7.42. The third-order valence-corrected chi connectivity index (χ3v) is 6.37. The number of hydrogen-bond acceptors (Lipinski definition) is 4. The molecule has 4 nitrogen and oxygen atoms in total. The fourth-order valence-electron chi connectivity index (χ4n) is 4.58. The summed E-state index contributed by atoms with van der Waals surface area (Å²) in [7, 11) is 0. The van der Waals surface area contributed by atoms with Gasteiger partial charge in [-0.2, -0.15) is 0 Å². The molecule has 1 aliphatic rings. The molecule has 2 N–H and O–H groups in total. The zero-order valence-electron chi connectivity index (χ0n) is 17.8. The summed E-state index contributed by atoms with van der Waals surface area (Å²) in [4.78, 5) is 13.5. The van der Waals surface area contributed by atoms with Crippen LogP contribution >= 0.6 is 24.0 Å². The monoisotopic (exact) mass is 442 g/mol. The molecule has 2 unspecified atom stereocenters. The van der Waals surface area contributed by atoms with E-state index in [1.165, 1.54) is 11.8 Å². The SMILES string of the molecule is CC1(C)CC(NC(=O)Sc2ccccc2)CC(C)(CNC(=S)Oc2ccccc2)C1. The van der Waals surface area contributed by atoms with Gasteiger partial charge in [-0.25, -0.2) is 0 Å². The zero-order chi connectivity index (χ0) is 21.6. The fourth-order valence-corrected chi connectivity index (χ4v) is 5.48. The molecule has 2 atom stereocenters. The van der Waals surface area contributed by atoms with E-state index in [0.29, 0.717) is 11.7 Å². The molecular formula is C24H30N2O2S2. The number of rotatable bonds is 5. The van der Waals surface area contributed by atoms with Gasteiger partial charge in [0.1, 0.15) is 5.75 Å². The summed E-state index contributed by atoms with van der Waals surface area (Å²) in [5.74, 6) is 0.729. The number of hydrogen-bond donors (Lipinski definition) is 2. The third kappa shape index (κ3) is 7.03. The molecule has 0 aliphatic heterocycles. The minimum atomic E-state index is 0.00121. The Morgan fingerprint density at radius 3 is 2.37 bits per heavy atom. The van der Waals surface area contributed by atoms with Gasteiger partial charge in [0.2, 0.25) is 0 Å². The second-order valence-corrected chi connectivity index (χ2v) is 10.6. The molecule has 0 bridgehead atoms. The van der Waals surface area contributed by atoms with Crippen LogP contribution in [0.3, 0.4) is 0 Å². The van der Waals surface area contributed by atoms with Crippen LogP contribution in [0.2, 0.25) is 0 Å². The number of carbonyl (C=O) groups is 1. The smallest absolute Gasteiger partial charge is 0.284 e. The molecular weight excluding hydrogens is 412 g/mol. The largest absolute Gasteiger partial charge is 0.432 e. The number of benzene rings is 2. The molecule has 3 rings (SSSR count). The van der Waals surface area contributed by atoms with Gasteiger partial charge in [-0.3, -0.25) is 4.79 Å². The molecule has 2 aromatic carbocycles. The van der Waals surface area contributed by atoms with Gasteiger partial charge in [-0.05, 0) is 78.3 Å². The van der Waals surface area contributed by atoms with Crippen molar-refractivity contribution in [2.45, 2.75) is 51.0 Å². The summed E-state index contributed by atoms with van der Waals surface area (Å²) < 4.78 is 5.71. The first-order valence-electron chi connectivity index (χ1n) is 10.3. The minimum Gasteiger partial charge on any atom is -0.432 e. The van der Waals surface area contributed by atoms with Crippen molar-refractivity contribution in [1.82, 2.24) is 10.6 Å². The molecule has 160 valence electrons. The van der Waals surface area contributed by atoms with Crippen LogP contribution in [-0.2, 0) is 0 Å². The van der Waals surface area contributed by atoms with E-state index in [-0.39, 0.29) is 22.1 Å². The predicted octanol–water partition coefficient (Wildman–Crippen LogP) is 6.03. The number of nitrogens with one attached hydrogen (secondary N) is 2. The highest BCUT2D eigenvalue weighted by molar-refractivity contribution is 8.13. The molecule has 6 heteroatoms. The van der Waals surface area contributed by atoms with Gasteiger partial charge in [0.05, 0.1) is 0 Å². The van der Waals surface area contributed by atoms with E-state index in [1.807, 2.05) is 60.7 Å². The summed E-state index contributed by atoms with van der Waals surface area (Å²) >= 11 is 6.63. The lowest BCUT2D eigenvalue weighted by molar-refractivity contribution is 0.0778. The lowest BCUT2D eigenvalue weighted by Crippen LogP contribution is -2.50. The number of thiocarbonyl (C=S) groups is 1. The topological polar surface area (TPSA) is 50.4 Å². The molecule has 0 saturated heterocycles. The molecule has 30 heavy (non-hydrogen) atoms. The Labute approximate surface area is 189 Å². The molecule has 1 fully saturated rings. The van der Waals surface area contributed by atoms with Crippen LogP contribution in [0.1, 0.15) is 40.0 Å². The fraction of sp³-hybridized carbons (Fsp3) is 0.417. The number of para-hydroxylation sites is 1. The Balaban J connectivity index is 1.56. The van der Waals surface area contributed by atoms with Gasteiger partial charge in [0.25, 0.3) is 10.4 Å². The van der Waals surface area contributed by atoms with Crippen molar-refractivity contribution in [3.63, 3.8) is 0 Å². The van der Waals surface area contributed by atoms with E-state index in [0.717, 1.165) is 29.9 Å². The first kappa shape index (κ1) is 22.6. The van der Waals surface area contributed by atoms with Crippen LogP contribution in [0.4, 0.5) is 4.79 Å². The summed E-state index contributed by atoms with van der Waals surface area (Å²) in [6.07, 6.45) is 2.92. The average Bonchev–Trinajstić information content (AvgIpc) is 2.66. The summed E-state index contributed by atoms with van der Waals surface area (Å²) in [5.41, 5.74) is 0.132. The average molecular weight is 443 g/mol. The Hall–Kier alpha value is -2.05. The van der Waals surface area contributed by atoms with Crippen LogP contribution in [0.25, 0.3) is 0 Å². The van der Waals surface area contributed by atoms with Gasteiger partial charge in [-0.1, -0.05) is 57.2 Å². The number of ether oxygens (including phenoxy) is 1. The standard InChI is InChI=1S/C24H30N2O2S2/c1-23(2)14-18(26-21(27)30-20-12-8-5-9-13-20)15-24(3,16-23)17-25-22(29)28-19-10-6-4-7-11-19/h4-13,18H,14-17H2,1-3H3,(H,25,29)(H,26,27). The van der Waals surface area contributed by atoms with Crippen LogP contribution in [0.5, 0.6) is 5.75 Å². The highest BCUT2D eigenvalue weighted by Crippen LogP contribution is 2.46. The maximum absolute atomic E-state index is 12.6. The maximum atomic E-state index is 12.6. The van der Waals surface area contributed by atoms with Gasteiger partial charge < -0.3 is 15.4 Å². The lowest BCUT2D eigenvalue weighted by atomic mass is 9.62. The van der Waals surface area contributed by atoms with Crippen LogP contribution < -0.4 is 15.4 Å². The number of carbonyl (C=O) groups excluding carboxylic acids is 1. The van der Waals surface area contributed by atoms with Gasteiger partial charge in [-0.15, -0.1) is 0 Å². The zero-order valence-corrected chi connectivity index (χ0v) is 19.4. The molecule has 0 radical (unpaired) electrons. The van der Waals surface area contributed by atoms with E-state index in [9.17, 15) is 4.79 Å². The van der Waals surface area contributed by atoms with E-state index >= 15 is 0 Å². The van der Waals surface area contributed by atoms with Gasteiger partial charge in [0.15, 0.2) is 0 Å². The Bertz CT molecular complexity index is 858. The van der Waals surface area contributed by atoms with Crippen molar-refractivity contribution in [3.05, 3.63) is 60.7 Å². The van der Waals surface area contributed by atoms with Crippen molar-refractivity contribution >= 4 is 34.4 Å². The summed E-state index contributed by atoms with van der Waals surface area (Å²) in [6.45, 7) is 7.51. The second kappa shape index (κ2) is 9.84. The van der Waals surface area contributed by atoms with Crippen molar-refractivity contribution in [1.29, 1.82) is 0 Å². The molecule has 0 spiro atoms. The molecule has 1 aliphatic carbocycles. The van der Waals surface area contributed by atoms with E-state index < -0.39 is 0 Å². The molecule has 2 aromatic rings. The molecule has 1 saturated carbocycles. The first-order chi connectivity index (χ1) is 14.2. The third-order valence-electron chi connectivity index (χ3n) is 5.33. The molecule has 1 amide bonds. The molecule has 0 heterocycles. The normalized spacial score (nSPS) is 22.7. The first-order valence-corrected chi connectivity index (χ1v) is 11.5. The van der Waals surface area contributed by atoms with E-state index in [1.54, 1.807) is 0 Å². The van der Waals surface area contributed by atoms with Crippen LogP contribution in [0, 0.1) is 10.8 Å². The van der Waals surface area contributed by atoms with Crippen LogP contribution in [-0.4, -0.2) is 23.0 Å². The Morgan fingerprint density at radius 1 is 1.07 bits per heavy atom. The van der Waals surface area contributed by atoms with Gasteiger partial charge in [0, 0.05) is 17.5 Å². The lowest BCUT2D eigenvalue weighted by Gasteiger charge is -2.47. The van der Waals surface area contributed by atoms with Crippen LogP contribution in [0.15, 0.2) is 65.6 Å². The van der Waals surface area contributed by atoms with Crippen molar-refractivity contribution in [3.8, 4) is 5.75 Å². The van der Waals surface area contributed by atoms with E-state index in [4.69, 9.17) is 17.0 Å². The number of amides is 1. The van der Waals surface area contributed by atoms with Crippen molar-refractivity contribution < 1.29 is 9.53 Å². The molecule has 0 aromatic heterocycles. The highest BCUT2D eigenvalue weighted by Gasteiger charge is 2.41. The summed E-state index contributed by atoms with van der Waals surface area (Å²) in [5, 5.41) is 6.90. The van der Waals surface area contributed by atoms with Crippen molar-refractivity contribution in [2.75, 3.05) is 6.54 Å². The predicted molar refractivity (Wildman–Crippen MR) is 128 cm³/mol. The highest BCUT2D eigenvalue weighted by atomic mass is 32.2. The second-order valence-electron chi connectivity index (χ2n) is 9.16. The van der Waals surface area contributed by atoms with E-state index in [2.05, 4.69) is 31.4 Å². The quantitative estimate of drug-likeness (QED) is 0.438. The van der Waals surface area contributed by atoms with Crippen molar-refractivity contribution in [2.24, 2.45) is 10.8 Å².